The summed E-state index contributed by atoms with van der Waals surface area (Å²) in [5, 5.41) is 0.273. The Labute approximate surface area is 137 Å². The topological polar surface area (TPSA) is 93.7 Å². The summed E-state index contributed by atoms with van der Waals surface area (Å²) < 4.78 is 34.5. The van der Waals surface area contributed by atoms with Gasteiger partial charge in [-0.1, -0.05) is 17.7 Å². The number of carbonyl (C=O) groups excluding carboxylic acids is 1. The fourth-order valence-electron chi connectivity index (χ4n) is 1.92. The van der Waals surface area contributed by atoms with Crippen LogP contribution in [0.5, 0.6) is 11.5 Å². The lowest BCUT2D eigenvalue weighted by Crippen LogP contribution is -2.41. The smallest absolute Gasteiger partial charge is 0.266 e. The molecule has 7 nitrogen and oxygen atoms in total. The molecule has 0 bridgehead atoms. The summed E-state index contributed by atoms with van der Waals surface area (Å²) >= 11 is 5.76. The van der Waals surface area contributed by atoms with E-state index in [1.54, 1.807) is 12.1 Å². The van der Waals surface area contributed by atoms with Crippen LogP contribution in [-0.4, -0.2) is 21.1 Å². The highest BCUT2D eigenvalue weighted by molar-refractivity contribution is 7.89. The third kappa shape index (κ3) is 3.39. The third-order valence-corrected chi connectivity index (χ3v) is 4.52. The van der Waals surface area contributed by atoms with E-state index in [1.165, 1.54) is 30.3 Å². The van der Waals surface area contributed by atoms with Crippen LogP contribution in [0, 0.1) is 0 Å². The van der Waals surface area contributed by atoms with Gasteiger partial charge in [0.1, 0.15) is 0 Å². The number of hydrogen-bond donors (Lipinski definition) is 2. The Kier molecular flexibility index (Phi) is 4.12. The number of hydrazine groups is 1. The van der Waals surface area contributed by atoms with Gasteiger partial charge in [-0.15, -0.1) is 4.83 Å². The molecule has 1 amide bonds. The maximum atomic E-state index is 12.1. The number of ether oxygens (including phenoxy) is 2. The zero-order valence-electron chi connectivity index (χ0n) is 11.6. The van der Waals surface area contributed by atoms with Crippen molar-refractivity contribution in [2.75, 3.05) is 6.79 Å². The van der Waals surface area contributed by atoms with Gasteiger partial charge in [-0.25, -0.2) is 8.42 Å². The third-order valence-electron chi connectivity index (χ3n) is 3.04. The molecule has 0 fully saturated rings. The standard InChI is InChI=1S/C14H11ClN2O5S/c15-10-2-1-3-11(7-10)23(19,20)17-16-14(18)9-4-5-12-13(6-9)22-8-21-12/h1-7,17H,8H2,(H,16,18). The van der Waals surface area contributed by atoms with Crippen molar-refractivity contribution in [2.45, 2.75) is 4.90 Å². The van der Waals surface area contributed by atoms with Gasteiger partial charge in [-0.2, -0.15) is 0 Å². The average molecular weight is 355 g/mol. The molecule has 2 aromatic carbocycles. The molecule has 0 aliphatic carbocycles. The largest absolute Gasteiger partial charge is 0.454 e. The zero-order valence-corrected chi connectivity index (χ0v) is 13.1. The van der Waals surface area contributed by atoms with E-state index in [4.69, 9.17) is 21.1 Å². The average Bonchev–Trinajstić information content (AvgIpc) is 3.00. The summed E-state index contributed by atoms with van der Waals surface area (Å²) in [6, 6.07) is 10.2. The quantitative estimate of drug-likeness (QED) is 0.815. The van der Waals surface area contributed by atoms with Gasteiger partial charge in [0, 0.05) is 10.6 Å². The molecular weight excluding hydrogens is 344 g/mol. The van der Waals surface area contributed by atoms with Crippen molar-refractivity contribution in [1.29, 1.82) is 0 Å². The summed E-state index contributed by atoms with van der Waals surface area (Å²) in [5.41, 5.74) is 2.36. The number of carbonyl (C=O) groups is 1. The van der Waals surface area contributed by atoms with Crippen molar-refractivity contribution in [2.24, 2.45) is 0 Å². The van der Waals surface area contributed by atoms with E-state index in [2.05, 4.69) is 5.43 Å². The minimum Gasteiger partial charge on any atom is -0.454 e. The predicted octanol–water partition coefficient (Wildman–Crippen LogP) is 1.69. The van der Waals surface area contributed by atoms with Crippen LogP contribution in [0.1, 0.15) is 10.4 Å². The molecule has 0 radical (unpaired) electrons. The van der Waals surface area contributed by atoms with E-state index in [0.29, 0.717) is 11.5 Å². The van der Waals surface area contributed by atoms with Gasteiger partial charge in [0.25, 0.3) is 15.9 Å². The Morgan fingerprint density at radius 3 is 2.65 bits per heavy atom. The number of fused-ring (bicyclic) bond motifs is 1. The van der Waals surface area contributed by atoms with Crippen molar-refractivity contribution in [1.82, 2.24) is 10.3 Å². The molecule has 1 aliphatic heterocycles. The number of sulfonamides is 1. The highest BCUT2D eigenvalue weighted by Gasteiger charge is 2.19. The molecule has 2 N–H and O–H groups in total. The first-order valence-corrected chi connectivity index (χ1v) is 8.29. The van der Waals surface area contributed by atoms with Crippen molar-refractivity contribution in [3.05, 3.63) is 53.1 Å². The molecule has 0 spiro atoms. The second kappa shape index (κ2) is 6.07. The minimum absolute atomic E-state index is 0.0593. The molecular formula is C14H11ClN2O5S. The molecule has 0 unspecified atom stereocenters. The lowest BCUT2D eigenvalue weighted by molar-refractivity contribution is 0.0944. The summed E-state index contributed by atoms with van der Waals surface area (Å²) in [5.74, 6) is 0.324. The van der Waals surface area contributed by atoms with Crippen LogP contribution in [0.2, 0.25) is 5.02 Å². The van der Waals surface area contributed by atoms with Crippen molar-refractivity contribution in [3.63, 3.8) is 0 Å². The lowest BCUT2D eigenvalue weighted by atomic mass is 10.2. The Hall–Kier alpha value is -2.29. The molecule has 0 saturated heterocycles. The number of rotatable bonds is 4. The van der Waals surface area contributed by atoms with Gasteiger partial charge in [-0.05, 0) is 36.4 Å². The van der Waals surface area contributed by atoms with Crippen LogP contribution in [-0.2, 0) is 10.0 Å². The van der Waals surface area contributed by atoms with Crippen molar-refractivity contribution < 1.29 is 22.7 Å². The summed E-state index contributed by atoms with van der Waals surface area (Å²) in [6.45, 7) is 0.0851. The van der Waals surface area contributed by atoms with Crippen LogP contribution >= 0.6 is 11.6 Å². The Bertz CT molecular complexity index is 869. The highest BCUT2D eigenvalue weighted by atomic mass is 35.5. The van der Waals surface area contributed by atoms with Crippen molar-refractivity contribution >= 4 is 27.5 Å². The molecule has 3 rings (SSSR count). The highest BCUT2D eigenvalue weighted by Crippen LogP contribution is 2.32. The van der Waals surface area contributed by atoms with Gasteiger partial charge in [0.2, 0.25) is 6.79 Å². The lowest BCUT2D eigenvalue weighted by Gasteiger charge is -2.09. The van der Waals surface area contributed by atoms with Crippen molar-refractivity contribution in [3.8, 4) is 11.5 Å². The molecule has 1 aliphatic rings. The van der Waals surface area contributed by atoms with Gasteiger partial charge in [0.15, 0.2) is 11.5 Å². The minimum atomic E-state index is -3.92. The van der Waals surface area contributed by atoms with E-state index in [1.807, 2.05) is 4.83 Å². The zero-order chi connectivity index (χ0) is 16.4. The maximum absolute atomic E-state index is 12.1. The van der Waals surface area contributed by atoms with Gasteiger partial charge in [0.05, 0.1) is 4.90 Å². The summed E-state index contributed by atoms with van der Waals surface area (Å²) in [4.78, 5) is 14.0. The molecule has 0 saturated carbocycles. The fourth-order valence-corrected chi connectivity index (χ4v) is 3.06. The van der Waals surface area contributed by atoms with E-state index in [0.717, 1.165) is 0 Å². The van der Waals surface area contributed by atoms with Crippen LogP contribution in [0.25, 0.3) is 0 Å². The Morgan fingerprint density at radius 2 is 1.87 bits per heavy atom. The van der Waals surface area contributed by atoms with E-state index < -0.39 is 15.9 Å². The SMILES string of the molecule is O=C(NNS(=O)(=O)c1cccc(Cl)c1)c1ccc2c(c1)OCO2. The Morgan fingerprint density at radius 1 is 1.09 bits per heavy atom. The number of hydrogen-bond acceptors (Lipinski definition) is 5. The van der Waals surface area contributed by atoms with Gasteiger partial charge >= 0.3 is 0 Å². The number of halogens is 1. The first kappa shape index (κ1) is 15.6. The normalized spacial score (nSPS) is 12.9. The molecule has 23 heavy (non-hydrogen) atoms. The predicted molar refractivity (Wildman–Crippen MR) is 81.8 cm³/mol. The second-order valence-electron chi connectivity index (χ2n) is 4.59. The van der Waals surface area contributed by atoms with Crippen LogP contribution < -0.4 is 19.7 Å². The monoisotopic (exact) mass is 354 g/mol. The summed E-state index contributed by atoms with van der Waals surface area (Å²) in [6.07, 6.45) is 0. The van der Waals surface area contributed by atoms with E-state index in [9.17, 15) is 13.2 Å². The van der Waals surface area contributed by atoms with Crippen LogP contribution in [0.3, 0.4) is 0 Å². The molecule has 2 aromatic rings. The first-order chi connectivity index (χ1) is 11.0. The molecule has 0 atom stereocenters. The van der Waals surface area contributed by atoms with E-state index in [-0.39, 0.29) is 22.3 Å². The van der Waals surface area contributed by atoms with Crippen LogP contribution in [0.4, 0.5) is 0 Å². The van der Waals surface area contributed by atoms with Gasteiger partial charge < -0.3 is 9.47 Å². The second-order valence-corrected chi connectivity index (χ2v) is 6.70. The fraction of sp³-hybridized carbons (Fsp3) is 0.0714. The first-order valence-electron chi connectivity index (χ1n) is 6.43. The summed E-state index contributed by atoms with van der Waals surface area (Å²) in [7, 11) is -3.92. The Balaban J connectivity index is 1.71. The van der Waals surface area contributed by atoms with Gasteiger partial charge in [-0.3, -0.25) is 10.2 Å². The molecule has 9 heteroatoms. The number of amides is 1. The molecule has 1 heterocycles. The number of nitrogens with one attached hydrogen (secondary N) is 2. The molecule has 120 valence electrons. The van der Waals surface area contributed by atoms with E-state index >= 15 is 0 Å². The van der Waals surface area contributed by atoms with Crippen LogP contribution in [0.15, 0.2) is 47.4 Å². The molecule has 0 aromatic heterocycles. The number of benzene rings is 2. The maximum Gasteiger partial charge on any atom is 0.266 e.